The van der Waals surface area contributed by atoms with Gasteiger partial charge in [-0.3, -0.25) is 14.5 Å². The summed E-state index contributed by atoms with van der Waals surface area (Å²) in [5, 5.41) is 18.8. The number of aliphatic hydroxyl groups excluding tert-OH is 1. The molecule has 0 fully saturated rings. The number of hydrogen-bond acceptors (Lipinski definition) is 5. The average Bonchev–Trinajstić information content (AvgIpc) is 2.56. The molecule has 1 aromatic rings. The summed E-state index contributed by atoms with van der Waals surface area (Å²) >= 11 is 0. The quantitative estimate of drug-likeness (QED) is 0.667. The number of carbonyl (C=O) groups excluding carboxylic acids is 2. The Hall–Kier alpha value is -2.91. The number of nitriles is 1. The number of imide groups is 1. The van der Waals surface area contributed by atoms with E-state index in [-0.39, 0.29) is 17.7 Å². The van der Waals surface area contributed by atoms with Crippen molar-refractivity contribution in [3.63, 3.8) is 0 Å². The van der Waals surface area contributed by atoms with E-state index < -0.39 is 17.9 Å². The SMILES string of the molecule is CC1=C(C#N)C(=O)N(CC(C)O)C(=O)/C1=C/c1ccc(N(C)C)cc1. The predicted molar refractivity (Wildman–Crippen MR) is 95.5 cm³/mol. The van der Waals surface area contributed by atoms with E-state index in [9.17, 15) is 20.0 Å². The van der Waals surface area contributed by atoms with Crippen LogP contribution in [0, 0.1) is 11.3 Å². The molecule has 1 aromatic carbocycles. The van der Waals surface area contributed by atoms with Gasteiger partial charge >= 0.3 is 0 Å². The summed E-state index contributed by atoms with van der Waals surface area (Å²) in [7, 11) is 3.87. The fourth-order valence-corrected chi connectivity index (χ4v) is 2.60. The van der Waals surface area contributed by atoms with E-state index in [1.807, 2.05) is 49.3 Å². The molecule has 1 aliphatic rings. The molecule has 2 amide bonds. The molecule has 0 radical (unpaired) electrons. The van der Waals surface area contributed by atoms with Crippen molar-refractivity contribution in [2.24, 2.45) is 0 Å². The third-order valence-electron chi connectivity index (χ3n) is 3.99. The van der Waals surface area contributed by atoms with Gasteiger partial charge in [-0.25, -0.2) is 0 Å². The number of β-amino-alcohol motifs (C(OH)–C–C–N with tert-alkyl or cyclic N) is 1. The molecule has 0 bridgehead atoms. The molecule has 1 heterocycles. The van der Waals surface area contributed by atoms with Crippen LogP contribution in [-0.4, -0.2) is 48.6 Å². The van der Waals surface area contributed by atoms with E-state index in [4.69, 9.17) is 0 Å². The van der Waals surface area contributed by atoms with E-state index in [0.717, 1.165) is 16.2 Å². The van der Waals surface area contributed by atoms with Gasteiger partial charge in [0.1, 0.15) is 11.6 Å². The Morgan fingerprint density at radius 3 is 2.32 bits per heavy atom. The van der Waals surface area contributed by atoms with Crippen LogP contribution in [0.25, 0.3) is 6.08 Å². The Labute approximate surface area is 147 Å². The molecule has 1 unspecified atom stereocenters. The summed E-state index contributed by atoms with van der Waals surface area (Å²) in [4.78, 5) is 27.9. The molecule has 25 heavy (non-hydrogen) atoms. The van der Waals surface area contributed by atoms with E-state index >= 15 is 0 Å². The second kappa shape index (κ2) is 7.32. The second-order valence-electron chi connectivity index (χ2n) is 6.23. The van der Waals surface area contributed by atoms with Crippen molar-refractivity contribution in [3.8, 4) is 6.07 Å². The highest BCUT2D eigenvalue weighted by molar-refractivity contribution is 6.19. The summed E-state index contributed by atoms with van der Waals surface area (Å²) in [6, 6.07) is 9.44. The number of hydrogen-bond donors (Lipinski definition) is 1. The maximum absolute atomic E-state index is 12.7. The second-order valence-corrected chi connectivity index (χ2v) is 6.23. The smallest absolute Gasteiger partial charge is 0.271 e. The van der Waals surface area contributed by atoms with Crippen LogP contribution in [0.5, 0.6) is 0 Å². The molecular weight excluding hydrogens is 318 g/mol. The molecule has 2 rings (SSSR count). The summed E-state index contributed by atoms with van der Waals surface area (Å²) < 4.78 is 0. The number of rotatable bonds is 4. The van der Waals surface area contributed by atoms with Crippen LogP contribution in [0.15, 0.2) is 41.0 Å². The van der Waals surface area contributed by atoms with Gasteiger partial charge in [0.15, 0.2) is 0 Å². The van der Waals surface area contributed by atoms with Crippen LogP contribution >= 0.6 is 0 Å². The molecule has 0 aliphatic carbocycles. The van der Waals surface area contributed by atoms with Gasteiger partial charge in [0.2, 0.25) is 0 Å². The average molecular weight is 339 g/mol. The lowest BCUT2D eigenvalue weighted by Gasteiger charge is -2.28. The van der Waals surface area contributed by atoms with Crippen molar-refractivity contribution in [2.75, 3.05) is 25.5 Å². The first-order valence-corrected chi connectivity index (χ1v) is 7.91. The number of nitrogens with zero attached hydrogens (tertiary/aromatic N) is 3. The highest BCUT2D eigenvalue weighted by atomic mass is 16.3. The van der Waals surface area contributed by atoms with Crippen molar-refractivity contribution >= 4 is 23.6 Å². The third-order valence-corrected chi connectivity index (χ3v) is 3.99. The van der Waals surface area contributed by atoms with Crippen LogP contribution in [0.4, 0.5) is 5.69 Å². The Balaban J connectivity index is 2.50. The molecule has 0 saturated heterocycles. The van der Waals surface area contributed by atoms with E-state index in [1.165, 1.54) is 6.92 Å². The molecule has 130 valence electrons. The first-order chi connectivity index (χ1) is 11.8. The Bertz CT molecular complexity index is 796. The fourth-order valence-electron chi connectivity index (χ4n) is 2.60. The van der Waals surface area contributed by atoms with Crippen molar-refractivity contribution in [1.29, 1.82) is 5.26 Å². The van der Waals surface area contributed by atoms with E-state index in [1.54, 1.807) is 13.0 Å². The standard InChI is InChI=1S/C19H21N3O3/c1-12(23)11-22-18(24)16(13(2)17(10-20)19(22)25)9-14-5-7-15(8-6-14)21(3)4/h5-9,12,23H,11H2,1-4H3/b16-9+. The van der Waals surface area contributed by atoms with Crippen LogP contribution in [-0.2, 0) is 9.59 Å². The molecule has 0 saturated carbocycles. The van der Waals surface area contributed by atoms with Crippen molar-refractivity contribution in [2.45, 2.75) is 20.0 Å². The van der Waals surface area contributed by atoms with Gasteiger partial charge in [0.05, 0.1) is 12.6 Å². The van der Waals surface area contributed by atoms with Crippen LogP contribution in [0.1, 0.15) is 19.4 Å². The monoisotopic (exact) mass is 339 g/mol. The zero-order chi connectivity index (χ0) is 18.7. The largest absolute Gasteiger partial charge is 0.392 e. The lowest BCUT2D eigenvalue weighted by Crippen LogP contribution is -2.45. The Kier molecular flexibility index (Phi) is 5.40. The van der Waals surface area contributed by atoms with Crippen LogP contribution in [0.2, 0.25) is 0 Å². The molecule has 1 aliphatic heterocycles. The van der Waals surface area contributed by atoms with Gasteiger partial charge in [0.25, 0.3) is 11.8 Å². The normalized spacial score (nSPS) is 17.8. The van der Waals surface area contributed by atoms with Gasteiger partial charge in [-0.2, -0.15) is 5.26 Å². The molecule has 1 atom stereocenters. The molecule has 0 spiro atoms. The zero-order valence-electron chi connectivity index (χ0n) is 14.8. The van der Waals surface area contributed by atoms with Gasteiger partial charge in [-0.05, 0) is 43.2 Å². The minimum Gasteiger partial charge on any atom is -0.392 e. The first-order valence-electron chi connectivity index (χ1n) is 7.91. The van der Waals surface area contributed by atoms with Crippen LogP contribution in [0.3, 0.4) is 0 Å². The number of anilines is 1. The first kappa shape index (κ1) is 18.4. The molecule has 1 N–H and O–H groups in total. The number of amides is 2. The maximum atomic E-state index is 12.7. The topological polar surface area (TPSA) is 84.6 Å². The van der Waals surface area contributed by atoms with E-state index in [2.05, 4.69) is 0 Å². The van der Waals surface area contributed by atoms with Gasteiger partial charge in [-0.1, -0.05) is 12.1 Å². The molecule has 6 heteroatoms. The summed E-state index contributed by atoms with van der Waals surface area (Å²) in [6.07, 6.45) is 0.794. The summed E-state index contributed by atoms with van der Waals surface area (Å²) in [6.45, 7) is 2.93. The summed E-state index contributed by atoms with van der Waals surface area (Å²) in [5.41, 5.74) is 2.38. The third kappa shape index (κ3) is 3.78. The number of aliphatic hydroxyl groups is 1. The minimum absolute atomic E-state index is 0.0728. The van der Waals surface area contributed by atoms with Gasteiger partial charge in [0, 0.05) is 25.4 Å². The molecular formula is C19H21N3O3. The fraction of sp³-hybridized carbons (Fsp3) is 0.316. The Morgan fingerprint density at radius 1 is 1.24 bits per heavy atom. The van der Waals surface area contributed by atoms with Gasteiger partial charge in [-0.15, -0.1) is 0 Å². The van der Waals surface area contributed by atoms with Crippen molar-refractivity contribution in [3.05, 3.63) is 46.5 Å². The lowest BCUT2D eigenvalue weighted by atomic mass is 9.93. The highest BCUT2D eigenvalue weighted by Gasteiger charge is 2.35. The minimum atomic E-state index is -0.869. The predicted octanol–water partition coefficient (Wildman–Crippen LogP) is 1.73. The Morgan fingerprint density at radius 2 is 1.84 bits per heavy atom. The molecule has 6 nitrogen and oxygen atoms in total. The molecule has 0 aromatic heterocycles. The van der Waals surface area contributed by atoms with Crippen LogP contribution < -0.4 is 4.90 Å². The lowest BCUT2D eigenvalue weighted by molar-refractivity contribution is -0.141. The summed E-state index contributed by atoms with van der Waals surface area (Å²) in [5.74, 6) is -1.16. The van der Waals surface area contributed by atoms with Crippen molar-refractivity contribution in [1.82, 2.24) is 4.90 Å². The van der Waals surface area contributed by atoms with Crippen molar-refractivity contribution < 1.29 is 14.7 Å². The van der Waals surface area contributed by atoms with E-state index in [0.29, 0.717) is 5.57 Å². The number of benzene rings is 1. The maximum Gasteiger partial charge on any atom is 0.271 e. The highest BCUT2D eigenvalue weighted by Crippen LogP contribution is 2.27. The zero-order valence-corrected chi connectivity index (χ0v) is 14.8. The van der Waals surface area contributed by atoms with Gasteiger partial charge < -0.3 is 10.0 Å². The number of carbonyl (C=O) groups is 2.